The van der Waals surface area contributed by atoms with Crippen molar-refractivity contribution in [3.8, 4) is 28.3 Å². The standard InChI is InChI=1S/C41H44ClN7/c1-29-22-35(33-10-6-31(7-11-33)28-49-20-16-47(3)17-21-49)23-38(42)40(29)45-41-36(25-43)26-44-39-24-34(12-13-37(39)41)32-8-4-30(5-9-32)27-48-18-14-46(2)15-19-48/h4-13,22-24,26H,14-21,27-28H2,1-3H3,(H,44,45). The maximum atomic E-state index is 10.0. The smallest absolute Gasteiger partial charge is 0.103 e. The third-order valence-electron chi connectivity index (χ3n) is 10.1. The van der Waals surface area contributed by atoms with Crippen LogP contribution in [0.4, 0.5) is 11.4 Å². The molecule has 4 aromatic carbocycles. The number of fused-ring (bicyclic) bond motifs is 1. The normalized spacial score (nSPS) is 16.6. The van der Waals surface area contributed by atoms with Crippen LogP contribution in [0.2, 0.25) is 5.02 Å². The van der Waals surface area contributed by atoms with Crippen molar-refractivity contribution >= 4 is 33.9 Å². The van der Waals surface area contributed by atoms with E-state index in [-0.39, 0.29) is 0 Å². The van der Waals surface area contributed by atoms with Crippen molar-refractivity contribution in [2.75, 3.05) is 71.8 Å². The molecular formula is C41H44ClN7. The number of pyridine rings is 1. The minimum absolute atomic E-state index is 0.476. The highest BCUT2D eigenvalue weighted by Gasteiger charge is 2.17. The number of hydrogen-bond donors (Lipinski definition) is 1. The van der Waals surface area contributed by atoms with Crippen LogP contribution in [0.25, 0.3) is 33.2 Å². The molecule has 0 atom stereocenters. The first-order valence-electron chi connectivity index (χ1n) is 17.2. The Morgan fingerprint density at radius 3 is 1.73 bits per heavy atom. The lowest BCUT2D eigenvalue weighted by Gasteiger charge is -2.32. The number of piperazine rings is 2. The van der Waals surface area contributed by atoms with E-state index in [1.54, 1.807) is 6.20 Å². The average molecular weight is 670 g/mol. The fraction of sp³-hybridized carbons (Fsp3) is 0.317. The van der Waals surface area contributed by atoms with Crippen molar-refractivity contribution in [2.24, 2.45) is 0 Å². The van der Waals surface area contributed by atoms with Crippen LogP contribution in [-0.2, 0) is 13.1 Å². The largest absolute Gasteiger partial charge is 0.352 e. The van der Waals surface area contributed by atoms with Crippen molar-refractivity contribution < 1.29 is 0 Å². The topological polar surface area (TPSA) is 61.7 Å². The van der Waals surface area contributed by atoms with Gasteiger partial charge in [0, 0.05) is 77.0 Å². The summed E-state index contributed by atoms with van der Waals surface area (Å²) in [5.41, 5.74) is 10.9. The van der Waals surface area contributed by atoms with E-state index < -0.39 is 0 Å². The number of likely N-dealkylation sites (N-methyl/N-ethyl adjacent to an activating group) is 2. The molecular weight excluding hydrogens is 626 g/mol. The van der Waals surface area contributed by atoms with E-state index in [9.17, 15) is 5.26 Å². The maximum Gasteiger partial charge on any atom is 0.103 e. The van der Waals surface area contributed by atoms with Crippen LogP contribution in [0, 0.1) is 18.3 Å². The Bertz CT molecular complexity index is 1940. The van der Waals surface area contributed by atoms with E-state index in [1.807, 2.05) is 6.07 Å². The number of nitriles is 1. The second-order valence-corrected chi connectivity index (χ2v) is 14.1. The van der Waals surface area contributed by atoms with Crippen LogP contribution in [0.5, 0.6) is 0 Å². The first kappa shape index (κ1) is 33.2. The SMILES string of the molecule is Cc1cc(-c2ccc(CN3CCN(C)CC3)cc2)cc(Cl)c1Nc1c(C#N)cnc2cc(-c3ccc(CN4CCN(C)CC4)cc3)ccc12. The van der Waals surface area contributed by atoms with E-state index in [4.69, 9.17) is 11.6 Å². The lowest BCUT2D eigenvalue weighted by atomic mass is 9.99. The van der Waals surface area contributed by atoms with Gasteiger partial charge in [-0.05, 0) is 78.2 Å². The second kappa shape index (κ2) is 14.7. The molecule has 0 unspecified atom stereocenters. The molecule has 0 radical (unpaired) electrons. The average Bonchev–Trinajstić information content (AvgIpc) is 3.12. The van der Waals surface area contributed by atoms with Crippen molar-refractivity contribution in [1.29, 1.82) is 5.26 Å². The second-order valence-electron chi connectivity index (χ2n) is 13.7. The zero-order valence-electron chi connectivity index (χ0n) is 28.7. The van der Waals surface area contributed by atoms with E-state index in [1.165, 1.54) is 11.1 Å². The highest BCUT2D eigenvalue weighted by Crippen LogP contribution is 2.38. The van der Waals surface area contributed by atoms with Gasteiger partial charge < -0.3 is 15.1 Å². The van der Waals surface area contributed by atoms with Gasteiger partial charge in [-0.15, -0.1) is 0 Å². The number of nitrogens with one attached hydrogen (secondary N) is 1. The molecule has 7 nitrogen and oxygen atoms in total. The monoisotopic (exact) mass is 669 g/mol. The first-order chi connectivity index (χ1) is 23.8. The summed E-state index contributed by atoms with van der Waals surface area (Å²) in [6.45, 7) is 12.9. The van der Waals surface area contributed by atoms with Gasteiger partial charge in [0.05, 0.1) is 27.5 Å². The molecule has 0 saturated carbocycles. The molecule has 0 bridgehead atoms. The van der Waals surface area contributed by atoms with Gasteiger partial charge in [0.15, 0.2) is 0 Å². The van der Waals surface area contributed by atoms with Gasteiger partial charge in [-0.25, -0.2) is 0 Å². The summed E-state index contributed by atoms with van der Waals surface area (Å²) in [5.74, 6) is 0. The Morgan fingerprint density at radius 2 is 1.20 bits per heavy atom. The molecule has 3 heterocycles. The number of rotatable bonds is 8. The van der Waals surface area contributed by atoms with E-state index in [0.29, 0.717) is 16.3 Å². The highest BCUT2D eigenvalue weighted by molar-refractivity contribution is 6.34. The van der Waals surface area contributed by atoms with Crippen LogP contribution < -0.4 is 5.32 Å². The molecule has 0 aliphatic carbocycles. The molecule has 250 valence electrons. The lowest BCUT2D eigenvalue weighted by Crippen LogP contribution is -2.43. The molecule has 0 amide bonds. The predicted octanol–water partition coefficient (Wildman–Crippen LogP) is 7.64. The fourth-order valence-corrected chi connectivity index (χ4v) is 7.23. The molecule has 2 aliphatic rings. The minimum atomic E-state index is 0.476. The number of aromatic nitrogens is 1. The third-order valence-corrected chi connectivity index (χ3v) is 10.4. The number of aryl methyl sites for hydroxylation is 1. The molecule has 2 fully saturated rings. The predicted molar refractivity (Wildman–Crippen MR) is 202 cm³/mol. The summed E-state index contributed by atoms with van der Waals surface area (Å²) in [5, 5.41) is 15.1. The van der Waals surface area contributed by atoms with Crippen LogP contribution in [0.3, 0.4) is 0 Å². The quantitative estimate of drug-likeness (QED) is 0.182. The summed E-state index contributed by atoms with van der Waals surface area (Å²) in [7, 11) is 4.38. The summed E-state index contributed by atoms with van der Waals surface area (Å²) in [6.07, 6.45) is 1.65. The lowest BCUT2D eigenvalue weighted by molar-refractivity contribution is 0.148. The number of anilines is 2. The van der Waals surface area contributed by atoms with Gasteiger partial charge >= 0.3 is 0 Å². The van der Waals surface area contributed by atoms with Gasteiger partial charge in [0.2, 0.25) is 0 Å². The maximum absolute atomic E-state index is 10.0. The zero-order valence-corrected chi connectivity index (χ0v) is 29.5. The fourth-order valence-electron chi connectivity index (χ4n) is 6.92. The van der Waals surface area contributed by atoms with E-state index >= 15 is 0 Å². The van der Waals surface area contributed by atoms with Gasteiger partial charge in [-0.2, -0.15) is 5.26 Å². The van der Waals surface area contributed by atoms with Crippen LogP contribution in [0.1, 0.15) is 22.3 Å². The Kier molecular flexibility index (Phi) is 9.95. The minimum Gasteiger partial charge on any atom is -0.352 e. The molecule has 2 aliphatic heterocycles. The van der Waals surface area contributed by atoms with Crippen LogP contribution >= 0.6 is 11.6 Å². The van der Waals surface area contributed by atoms with Crippen molar-refractivity contribution in [2.45, 2.75) is 20.0 Å². The molecule has 5 aromatic rings. The summed E-state index contributed by atoms with van der Waals surface area (Å²) in [6, 6.07) is 30.4. The Balaban J connectivity index is 1.09. The van der Waals surface area contributed by atoms with Crippen molar-refractivity contribution in [3.63, 3.8) is 0 Å². The molecule has 8 heteroatoms. The van der Waals surface area contributed by atoms with Crippen molar-refractivity contribution in [1.82, 2.24) is 24.6 Å². The Morgan fingerprint density at radius 1 is 0.673 bits per heavy atom. The summed E-state index contributed by atoms with van der Waals surface area (Å²) >= 11 is 6.96. The van der Waals surface area contributed by atoms with Crippen LogP contribution in [0.15, 0.2) is 85.1 Å². The number of nitrogens with zero attached hydrogens (tertiary/aromatic N) is 6. The number of benzene rings is 4. The Labute approximate surface area is 295 Å². The molecule has 1 N–H and O–H groups in total. The van der Waals surface area contributed by atoms with E-state index in [0.717, 1.165) is 110 Å². The third kappa shape index (κ3) is 7.65. The van der Waals surface area contributed by atoms with Crippen molar-refractivity contribution in [3.05, 3.63) is 112 Å². The zero-order chi connectivity index (χ0) is 33.9. The van der Waals surface area contributed by atoms with Gasteiger partial charge in [-0.1, -0.05) is 72.3 Å². The highest BCUT2D eigenvalue weighted by atomic mass is 35.5. The Hall–Kier alpha value is -4.29. The summed E-state index contributed by atoms with van der Waals surface area (Å²) in [4.78, 5) is 14.5. The molecule has 2 saturated heterocycles. The van der Waals surface area contributed by atoms with Gasteiger partial charge in [-0.3, -0.25) is 14.8 Å². The molecule has 0 spiro atoms. The van der Waals surface area contributed by atoms with E-state index in [2.05, 4.69) is 130 Å². The number of hydrogen-bond acceptors (Lipinski definition) is 7. The molecule has 1 aromatic heterocycles. The van der Waals surface area contributed by atoms with Crippen LogP contribution in [-0.4, -0.2) is 91.0 Å². The molecule has 7 rings (SSSR count). The van der Waals surface area contributed by atoms with Gasteiger partial charge in [0.1, 0.15) is 6.07 Å². The summed E-state index contributed by atoms with van der Waals surface area (Å²) < 4.78 is 0. The van der Waals surface area contributed by atoms with Gasteiger partial charge in [0.25, 0.3) is 0 Å². The first-order valence-corrected chi connectivity index (χ1v) is 17.6. The number of halogens is 1. The molecule has 49 heavy (non-hydrogen) atoms.